The molecule has 0 unspecified atom stereocenters. The maximum Gasteiger partial charge on any atom is 0.142 e. The lowest BCUT2D eigenvalue weighted by atomic mass is 10.4. The summed E-state index contributed by atoms with van der Waals surface area (Å²) < 4.78 is 1.04. The standard InChI is InChI=1S/C7H5BrOS/c8-6-3-5-10-7(6)2-1-4-9/h1-5H. The Morgan fingerprint density at radius 3 is 2.90 bits per heavy atom. The summed E-state index contributed by atoms with van der Waals surface area (Å²) in [5.41, 5.74) is 0. The lowest BCUT2D eigenvalue weighted by Crippen LogP contribution is -1.62. The molecule has 0 saturated carbocycles. The van der Waals surface area contributed by atoms with Crippen LogP contribution >= 0.6 is 27.3 Å². The molecule has 0 aliphatic carbocycles. The van der Waals surface area contributed by atoms with Gasteiger partial charge in [0, 0.05) is 9.35 Å². The predicted molar refractivity (Wildman–Crippen MR) is 47.1 cm³/mol. The van der Waals surface area contributed by atoms with Crippen molar-refractivity contribution in [3.8, 4) is 0 Å². The average molecular weight is 217 g/mol. The molecule has 52 valence electrons. The number of hydrogen-bond donors (Lipinski definition) is 0. The molecule has 0 radical (unpaired) electrons. The van der Waals surface area contributed by atoms with Crippen LogP contribution in [-0.4, -0.2) is 6.29 Å². The smallest absolute Gasteiger partial charge is 0.142 e. The summed E-state index contributed by atoms with van der Waals surface area (Å²) in [5.74, 6) is 0. The second-order valence-electron chi connectivity index (χ2n) is 1.63. The summed E-state index contributed by atoms with van der Waals surface area (Å²) >= 11 is 4.94. The van der Waals surface area contributed by atoms with Gasteiger partial charge in [0.05, 0.1) is 0 Å². The van der Waals surface area contributed by atoms with Crippen LogP contribution in [0.15, 0.2) is 22.0 Å². The lowest BCUT2D eigenvalue weighted by Gasteiger charge is -1.82. The average Bonchev–Trinajstić information content (AvgIpc) is 2.31. The Balaban J connectivity index is 2.83. The fraction of sp³-hybridized carbons (Fsp3) is 0. The summed E-state index contributed by atoms with van der Waals surface area (Å²) in [5, 5.41) is 1.97. The van der Waals surface area contributed by atoms with E-state index >= 15 is 0 Å². The number of aldehydes is 1. The number of carbonyl (C=O) groups is 1. The zero-order chi connectivity index (χ0) is 7.40. The van der Waals surface area contributed by atoms with Crippen molar-refractivity contribution in [2.75, 3.05) is 0 Å². The molecule has 3 heteroatoms. The Labute approximate surface area is 71.5 Å². The van der Waals surface area contributed by atoms with Gasteiger partial charge >= 0.3 is 0 Å². The van der Waals surface area contributed by atoms with E-state index in [1.807, 2.05) is 11.4 Å². The van der Waals surface area contributed by atoms with Gasteiger partial charge in [-0.25, -0.2) is 0 Å². The number of rotatable bonds is 2. The first kappa shape index (κ1) is 7.69. The van der Waals surface area contributed by atoms with Gasteiger partial charge in [-0.15, -0.1) is 11.3 Å². The second kappa shape index (κ2) is 3.68. The first-order valence-electron chi connectivity index (χ1n) is 2.69. The Bertz CT molecular complexity index is 252. The Morgan fingerprint density at radius 1 is 1.60 bits per heavy atom. The molecule has 0 bridgehead atoms. The van der Waals surface area contributed by atoms with E-state index in [4.69, 9.17) is 0 Å². The molecule has 0 atom stereocenters. The molecule has 0 aliphatic heterocycles. The van der Waals surface area contributed by atoms with Gasteiger partial charge in [-0.1, -0.05) is 0 Å². The molecule has 1 rings (SSSR count). The first-order valence-corrected chi connectivity index (χ1v) is 4.36. The summed E-state index contributed by atoms with van der Waals surface area (Å²) in [4.78, 5) is 11.0. The molecule has 1 heterocycles. The molecule has 1 nitrogen and oxygen atoms in total. The summed E-state index contributed by atoms with van der Waals surface area (Å²) in [6, 6.07) is 1.95. The number of allylic oxidation sites excluding steroid dienone is 1. The molecule has 0 amide bonds. The molecule has 0 fully saturated rings. The fourth-order valence-corrected chi connectivity index (χ4v) is 1.96. The molecular formula is C7H5BrOS. The van der Waals surface area contributed by atoms with E-state index in [9.17, 15) is 4.79 Å². The Morgan fingerprint density at radius 2 is 2.40 bits per heavy atom. The Kier molecular flexibility index (Phi) is 2.83. The number of hydrogen-bond acceptors (Lipinski definition) is 2. The van der Waals surface area contributed by atoms with Crippen LogP contribution in [0.5, 0.6) is 0 Å². The highest BCUT2D eigenvalue weighted by Gasteiger charge is 1.93. The molecule has 1 aromatic rings. The molecular weight excluding hydrogens is 212 g/mol. The largest absolute Gasteiger partial charge is 0.299 e. The topological polar surface area (TPSA) is 17.1 Å². The SMILES string of the molecule is O=CC=Cc1sccc1Br. The van der Waals surface area contributed by atoms with Crippen molar-refractivity contribution in [3.63, 3.8) is 0 Å². The van der Waals surface area contributed by atoms with Crippen LogP contribution < -0.4 is 0 Å². The third-order valence-electron chi connectivity index (χ3n) is 0.971. The molecule has 0 aromatic carbocycles. The van der Waals surface area contributed by atoms with Crippen molar-refractivity contribution in [2.45, 2.75) is 0 Å². The van der Waals surface area contributed by atoms with Gasteiger partial charge in [-0.2, -0.15) is 0 Å². The third kappa shape index (κ3) is 1.78. The molecule has 0 aliphatic rings. The summed E-state index contributed by atoms with van der Waals surface area (Å²) in [6.45, 7) is 0. The first-order chi connectivity index (χ1) is 4.84. The van der Waals surface area contributed by atoms with Gasteiger partial charge in [0.1, 0.15) is 6.29 Å². The van der Waals surface area contributed by atoms with Gasteiger partial charge in [0.2, 0.25) is 0 Å². The van der Waals surface area contributed by atoms with Crippen molar-refractivity contribution >= 4 is 39.6 Å². The quantitative estimate of drug-likeness (QED) is 0.549. The molecule has 1 aromatic heterocycles. The number of carbonyl (C=O) groups excluding carboxylic acids is 1. The van der Waals surface area contributed by atoms with Crippen LogP contribution in [0.4, 0.5) is 0 Å². The van der Waals surface area contributed by atoms with Gasteiger partial charge < -0.3 is 0 Å². The fourth-order valence-electron chi connectivity index (χ4n) is 0.551. The maximum atomic E-state index is 9.91. The molecule has 0 saturated heterocycles. The van der Waals surface area contributed by atoms with E-state index in [1.165, 1.54) is 6.08 Å². The number of halogens is 1. The van der Waals surface area contributed by atoms with Gasteiger partial charge in [0.25, 0.3) is 0 Å². The van der Waals surface area contributed by atoms with E-state index in [1.54, 1.807) is 17.4 Å². The third-order valence-corrected chi connectivity index (χ3v) is 2.81. The highest BCUT2D eigenvalue weighted by atomic mass is 79.9. The van der Waals surface area contributed by atoms with E-state index < -0.39 is 0 Å². The Hall–Kier alpha value is -0.410. The van der Waals surface area contributed by atoms with Crippen LogP contribution in [-0.2, 0) is 4.79 Å². The van der Waals surface area contributed by atoms with Gasteiger partial charge in [-0.3, -0.25) is 4.79 Å². The normalized spacial score (nSPS) is 10.5. The van der Waals surface area contributed by atoms with Crippen molar-refractivity contribution in [3.05, 3.63) is 26.9 Å². The molecule has 0 N–H and O–H groups in total. The van der Waals surface area contributed by atoms with Crippen LogP contribution in [0.2, 0.25) is 0 Å². The van der Waals surface area contributed by atoms with Gasteiger partial charge in [-0.05, 0) is 39.5 Å². The van der Waals surface area contributed by atoms with Crippen molar-refractivity contribution in [1.29, 1.82) is 0 Å². The highest BCUT2D eigenvalue weighted by molar-refractivity contribution is 9.10. The summed E-state index contributed by atoms with van der Waals surface area (Å²) in [7, 11) is 0. The minimum Gasteiger partial charge on any atom is -0.299 e. The predicted octanol–water partition coefficient (Wildman–Crippen LogP) is 2.72. The van der Waals surface area contributed by atoms with Gasteiger partial charge in [0.15, 0.2) is 0 Å². The second-order valence-corrected chi connectivity index (χ2v) is 3.43. The van der Waals surface area contributed by atoms with Crippen molar-refractivity contribution in [2.24, 2.45) is 0 Å². The molecule has 10 heavy (non-hydrogen) atoms. The van der Waals surface area contributed by atoms with Crippen molar-refractivity contribution < 1.29 is 4.79 Å². The minimum absolute atomic E-state index is 0.770. The number of thiophene rings is 1. The maximum absolute atomic E-state index is 9.91. The van der Waals surface area contributed by atoms with Crippen molar-refractivity contribution in [1.82, 2.24) is 0 Å². The van der Waals surface area contributed by atoms with Crippen LogP contribution in [0.1, 0.15) is 4.88 Å². The van der Waals surface area contributed by atoms with Crippen LogP contribution in [0.3, 0.4) is 0 Å². The summed E-state index contributed by atoms with van der Waals surface area (Å²) in [6.07, 6.45) is 4.03. The highest BCUT2D eigenvalue weighted by Crippen LogP contribution is 2.23. The zero-order valence-corrected chi connectivity index (χ0v) is 7.48. The molecule has 0 spiro atoms. The van der Waals surface area contributed by atoms with E-state index in [-0.39, 0.29) is 0 Å². The lowest BCUT2D eigenvalue weighted by molar-refractivity contribution is -0.104. The minimum atomic E-state index is 0.770. The zero-order valence-electron chi connectivity index (χ0n) is 5.08. The van der Waals surface area contributed by atoms with E-state index in [2.05, 4.69) is 15.9 Å². The van der Waals surface area contributed by atoms with Crippen LogP contribution in [0.25, 0.3) is 6.08 Å². The van der Waals surface area contributed by atoms with E-state index in [0.717, 1.165) is 15.6 Å². The monoisotopic (exact) mass is 216 g/mol. The van der Waals surface area contributed by atoms with Crippen LogP contribution in [0, 0.1) is 0 Å². The van der Waals surface area contributed by atoms with E-state index in [0.29, 0.717) is 0 Å².